The number of rotatable bonds is 13. The molecule has 2 heterocycles. The highest BCUT2D eigenvalue weighted by Crippen LogP contribution is 2.34. The zero-order valence-corrected chi connectivity index (χ0v) is 28.3. The number of benzene rings is 1. The van der Waals surface area contributed by atoms with Gasteiger partial charge in [-0.2, -0.15) is 8.78 Å². The SMILES string of the molecule is COc1cc(C(=O)NC2CC(N(C)CC3CCNCC3)C2)ccc1NCCNC1=C(C(C)=N)N(C)C(=O)C(F)(F)CN1C1CCCC1. The number of hydrogen-bond acceptors (Lipinski definition) is 9. The number of piperidine rings is 1. The topological polar surface area (TPSA) is 125 Å². The van der Waals surface area contributed by atoms with Gasteiger partial charge in [-0.1, -0.05) is 12.8 Å². The lowest BCUT2D eigenvalue weighted by Gasteiger charge is -2.43. The van der Waals surface area contributed by atoms with Gasteiger partial charge in [0.25, 0.3) is 11.8 Å². The van der Waals surface area contributed by atoms with Gasteiger partial charge in [-0.05, 0) is 89.7 Å². The minimum Gasteiger partial charge on any atom is -0.495 e. The second-order valence-corrected chi connectivity index (χ2v) is 13.7. The summed E-state index contributed by atoms with van der Waals surface area (Å²) in [6, 6.07) is 5.82. The summed E-state index contributed by atoms with van der Waals surface area (Å²) in [4.78, 5) is 30.7. The van der Waals surface area contributed by atoms with Crippen molar-refractivity contribution in [1.82, 2.24) is 30.7 Å². The van der Waals surface area contributed by atoms with E-state index in [2.05, 4.69) is 33.2 Å². The molecule has 47 heavy (non-hydrogen) atoms. The number of carbonyl (C=O) groups is 2. The van der Waals surface area contributed by atoms with Gasteiger partial charge in [0.05, 0.1) is 25.1 Å². The van der Waals surface area contributed by atoms with Crippen molar-refractivity contribution < 1.29 is 23.1 Å². The van der Waals surface area contributed by atoms with Crippen LogP contribution in [0.2, 0.25) is 0 Å². The standard InChI is InChI=1S/C34H52F2N8O3/c1-22(37)30-31(44(26-7-5-6-8-26)21-34(35,36)33(46)43(30)3)40-16-15-39-28-10-9-24(17-29(28)47-4)32(45)41-25-18-27(19-25)42(2)20-23-11-13-38-14-12-23/h9-10,17,23,25-27,37-40H,5-8,11-16,18-21H2,1-4H3,(H,41,45). The van der Waals surface area contributed by atoms with E-state index in [1.54, 1.807) is 30.2 Å². The molecule has 1 saturated heterocycles. The number of anilines is 1. The average molecular weight is 659 g/mol. The van der Waals surface area contributed by atoms with Gasteiger partial charge in [-0.25, -0.2) is 0 Å². The van der Waals surface area contributed by atoms with Crippen LogP contribution in [0.1, 0.15) is 68.6 Å². The van der Waals surface area contributed by atoms with E-state index in [0.717, 1.165) is 69.0 Å². The third kappa shape index (κ3) is 8.17. The third-order valence-corrected chi connectivity index (χ3v) is 10.2. The van der Waals surface area contributed by atoms with E-state index in [9.17, 15) is 9.59 Å². The number of ether oxygens (including phenoxy) is 1. The van der Waals surface area contributed by atoms with E-state index in [4.69, 9.17) is 10.1 Å². The highest BCUT2D eigenvalue weighted by Gasteiger charge is 2.49. The highest BCUT2D eigenvalue weighted by molar-refractivity contribution is 6.01. The Morgan fingerprint density at radius 1 is 1.13 bits per heavy atom. The summed E-state index contributed by atoms with van der Waals surface area (Å²) >= 11 is 0. The quantitative estimate of drug-likeness (QED) is 0.161. The number of amides is 2. The fourth-order valence-corrected chi connectivity index (χ4v) is 7.46. The minimum atomic E-state index is -3.57. The summed E-state index contributed by atoms with van der Waals surface area (Å²) in [5.41, 5.74) is 1.42. The molecule has 260 valence electrons. The van der Waals surface area contributed by atoms with E-state index < -0.39 is 18.4 Å². The molecule has 5 rings (SSSR count). The van der Waals surface area contributed by atoms with Crippen LogP contribution in [-0.2, 0) is 4.79 Å². The summed E-state index contributed by atoms with van der Waals surface area (Å²) < 4.78 is 35.6. The Kier molecular flexibility index (Phi) is 11.3. The average Bonchev–Trinajstić information content (AvgIpc) is 3.55. The first-order chi connectivity index (χ1) is 22.5. The summed E-state index contributed by atoms with van der Waals surface area (Å²) in [6.45, 7) is 4.84. The molecule has 0 unspecified atom stereocenters. The summed E-state index contributed by atoms with van der Waals surface area (Å²) in [5, 5.41) is 21.5. The molecular weight excluding hydrogens is 606 g/mol. The highest BCUT2D eigenvalue weighted by atomic mass is 19.3. The van der Waals surface area contributed by atoms with E-state index in [-0.39, 0.29) is 29.4 Å². The summed E-state index contributed by atoms with van der Waals surface area (Å²) in [7, 11) is 5.06. The van der Waals surface area contributed by atoms with Gasteiger partial charge in [0.2, 0.25) is 0 Å². The monoisotopic (exact) mass is 658 g/mol. The number of allylic oxidation sites excluding steroid dienone is 1. The third-order valence-electron chi connectivity index (χ3n) is 10.2. The number of nitrogens with zero attached hydrogens (tertiary/aromatic N) is 3. The minimum absolute atomic E-state index is 0.0363. The molecule has 4 aliphatic rings. The van der Waals surface area contributed by atoms with Crippen molar-refractivity contribution >= 4 is 23.2 Å². The van der Waals surface area contributed by atoms with Crippen molar-refractivity contribution in [2.75, 3.05) is 65.8 Å². The lowest BCUT2D eigenvalue weighted by molar-refractivity contribution is -0.154. The molecule has 0 spiro atoms. The lowest BCUT2D eigenvalue weighted by atomic mass is 9.84. The molecule has 2 amide bonds. The van der Waals surface area contributed by atoms with Gasteiger partial charge < -0.3 is 46.1 Å². The van der Waals surface area contributed by atoms with E-state index >= 15 is 8.78 Å². The fourth-order valence-electron chi connectivity index (χ4n) is 7.46. The van der Waals surface area contributed by atoms with Crippen molar-refractivity contribution in [3.8, 4) is 5.75 Å². The predicted molar refractivity (Wildman–Crippen MR) is 179 cm³/mol. The first-order valence-corrected chi connectivity index (χ1v) is 17.1. The molecule has 0 radical (unpaired) electrons. The van der Waals surface area contributed by atoms with Gasteiger partial charge in [0.1, 0.15) is 17.3 Å². The number of methoxy groups -OCH3 is 1. The first-order valence-electron chi connectivity index (χ1n) is 17.1. The zero-order chi connectivity index (χ0) is 33.7. The Bertz CT molecular complexity index is 1320. The van der Waals surface area contributed by atoms with Crippen LogP contribution >= 0.6 is 0 Å². The molecule has 2 aliphatic heterocycles. The Morgan fingerprint density at radius 3 is 2.47 bits per heavy atom. The molecule has 1 aromatic rings. The van der Waals surface area contributed by atoms with Gasteiger partial charge in [-0.15, -0.1) is 0 Å². The maximum Gasteiger partial charge on any atom is 0.342 e. The Labute approximate surface area is 277 Å². The fraction of sp³-hybridized carbons (Fsp3) is 0.676. The van der Waals surface area contributed by atoms with Crippen LogP contribution in [-0.4, -0.2) is 117 Å². The number of hydrogen-bond donors (Lipinski definition) is 5. The molecule has 13 heteroatoms. The first kappa shape index (κ1) is 34.9. The van der Waals surface area contributed by atoms with Crippen LogP contribution in [0.25, 0.3) is 0 Å². The molecule has 0 atom stereocenters. The molecule has 2 aliphatic carbocycles. The van der Waals surface area contributed by atoms with Gasteiger partial charge in [0, 0.05) is 50.4 Å². The zero-order valence-electron chi connectivity index (χ0n) is 28.3. The van der Waals surface area contributed by atoms with E-state index in [0.29, 0.717) is 42.0 Å². The Balaban J connectivity index is 1.16. The van der Waals surface area contributed by atoms with Crippen molar-refractivity contribution in [2.45, 2.75) is 82.3 Å². The van der Waals surface area contributed by atoms with Gasteiger partial charge in [-0.3, -0.25) is 9.59 Å². The number of halogens is 2. The van der Waals surface area contributed by atoms with Crippen LogP contribution < -0.4 is 26.0 Å². The molecule has 2 saturated carbocycles. The second kappa shape index (κ2) is 15.2. The van der Waals surface area contributed by atoms with Crippen LogP contribution in [0.4, 0.5) is 14.5 Å². The number of carbonyl (C=O) groups excluding carboxylic acids is 2. The second-order valence-electron chi connectivity index (χ2n) is 13.7. The molecular formula is C34H52F2N8O3. The van der Waals surface area contributed by atoms with Crippen LogP contribution in [0, 0.1) is 11.3 Å². The molecule has 11 nitrogen and oxygen atoms in total. The molecule has 5 N–H and O–H groups in total. The van der Waals surface area contributed by atoms with Crippen molar-refractivity contribution in [3.63, 3.8) is 0 Å². The van der Waals surface area contributed by atoms with E-state index in [1.807, 2.05) is 0 Å². The van der Waals surface area contributed by atoms with Gasteiger partial charge in [0.15, 0.2) is 0 Å². The van der Waals surface area contributed by atoms with Crippen molar-refractivity contribution in [1.29, 1.82) is 5.41 Å². The summed E-state index contributed by atoms with van der Waals surface area (Å²) in [5.74, 6) is -3.34. The summed E-state index contributed by atoms with van der Waals surface area (Å²) in [6.07, 6.45) is 7.75. The van der Waals surface area contributed by atoms with Crippen LogP contribution in [0.3, 0.4) is 0 Å². The van der Waals surface area contributed by atoms with E-state index in [1.165, 1.54) is 26.8 Å². The molecule has 0 aromatic heterocycles. The maximum atomic E-state index is 15.0. The molecule has 1 aromatic carbocycles. The molecule has 3 fully saturated rings. The van der Waals surface area contributed by atoms with Gasteiger partial charge >= 0.3 is 5.92 Å². The molecule has 0 bridgehead atoms. The largest absolute Gasteiger partial charge is 0.495 e. The Hall–Kier alpha value is -3.45. The van der Waals surface area contributed by atoms with Crippen molar-refractivity contribution in [3.05, 3.63) is 35.3 Å². The smallest absolute Gasteiger partial charge is 0.342 e. The number of alkyl halides is 2. The van der Waals surface area contributed by atoms with Crippen LogP contribution in [0.15, 0.2) is 29.7 Å². The Morgan fingerprint density at radius 2 is 1.81 bits per heavy atom. The normalized spacial score (nSPS) is 23.9. The lowest BCUT2D eigenvalue weighted by Crippen LogP contribution is -2.54. The maximum absolute atomic E-state index is 15.0. The van der Waals surface area contributed by atoms with Crippen LogP contribution in [0.5, 0.6) is 5.75 Å². The number of nitrogens with one attached hydrogen (secondary N) is 5. The predicted octanol–water partition coefficient (Wildman–Crippen LogP) is 3.45. The van der Waals surface area contributed by atoms with Crippen molar-refractivity contribution in [2.24, 2.45) is 5.92 Å².